The first-order chi connectivity index (χ1) is 9.60. The third-order valence-electron chi connectivity index (χ3n) is 3.75. The molecule has 2 unspecified atom stereocenters. The minimum Gasteiger partial charge on any atom is -0.382 e. The van der Waals surface area contributed by atoms with Gasteiger partial charge in [-0.15, -0.1) is 0 Å². The van der Waals surface area contributed by atoms with Crippen LogP contribution in [-0.4, -0.2) is 35.6 Å². The van der Waals surface area contributed by atoms with E-state index in [0.717, 1.165) is 38.0 Å². The van der Waals surface area contributed by atoms with Crippen molar-refractivity contribution in [1.29, 1.82) is 0 Å². The van der Waals surface area contributed by atoms with Crippen LogP contribution >= 0.6 is 0 Å². The molecule has 0 aromatic carbocycles. The topological polar surface area (TPSA) is 39.1 Å². The Balaban J connectivity index is 2.62. The summed E-state index contributed by atoms with van der Waals surface area (Å²) in [7, 11) is 1.79. The lowest BCUT2D eigenvalue weighted by molar-refractivity contribution is 0.106. The molecule has 0 bridgehead atoms. The molecule has 1 aromatic heterocycles. The second kappa shape index (κ2) is 9.14. The second-order valence-electron chi connectivity index (χ2n) is 5.57. The molecule has 0 saturated carbocycles. The van der Waals surface area contributed by atoms with E-state index in [2.05, 4.69) is 48.9 Å². The Bertz CT molecular complexity index is 376. The predicted octanol–water partition coefficient (Wildman–Crippen LogP) is 2.94. The Morgan fingerprint density at radius 3 is 2.70 bits per heavy atom. The lowest BCUT2D eigenvalue weighted by atomic mass is 10.0. The monoisotopic (exact) mass is 281 g/mol. The van der Waals surface area contributed by atoms with Crippen molar-refractivity contribution in [2.45, 2.75) is 72.1 Å². The highest BCUT2D eigenvalue weighted by atomic mass is 16.5. The third-order valence-corrected chi connectivity index (χ3v) is 3.75. The van der Waals surface area contributed by atoms with E-state index in [1.165, 1.54) is 12.1 Å². The minimum atomic E-state index is 0.332. The van der Waals surface area contributed by atoms with E-state index >= 15 is 0 Å². The number of nitrogens with zero attached hydrogens (tertiary/aromatic N) is 2. The SMILES string of the molecule is CCCNC(CCC(C)OC)Cc1cc(C)nn1CC. The summed E-state index contributed by atoms with van der Waals surface area (Å²) in [5.74, 6) is 0. The predicted molar refractivity (Wildman–Crippen MR) is 84.1 cm³/mol. The molecule has 0 amide bonds. The van der Waals surface area contributed by atoms with Gasteiger partial charge in [0.1, 0.15) is 0 Å². The molecule has 0 aliphatic carbocycles. The largest absolute Gasteiger partial charge is 0.382 e. The quantitative estimate of drug-likeness (QED) is 0.716. The lowest BCUT2D eigenvalue weighted by Gasteiger charge is -2.20. The Labute approximate surface area is 123 Å². The molecule has 0 spiro atoms. The van der Waals surface area contributed by atoms with Gasteiger partial charge in [-0.25, -0.2) is 0 Å². The summed E-state index contributed by atoms with van der Waals surface area (Å²) in [4.78, 5) is 0. The second-order valence-corrected chi connectivity index (χ2v) is 5.57. The molecule has 1 rings (SSSR count). The number of ether oxygens (including phenoxy) is 1. The van der Waals surface area contributed by atoms with Crippen molar-refractivity contribution in [2.75, 3.05) is 13.7 Å². The van der Waals surface area contributed by atoms with Gasteiger partial charge >= 0.3 is 0 Å². The van der Waals surface area contributed by atoms with E-state index in [0.29, 0.717) is 12.1 Å². The van der Waals surface area contributed by atoms with E-state index in [1.807, 2.05) is 0 Å². The van der Waals surface area contributed by atoms with Crippen LogP contribution in [0.25, 0.3) is 0 Å². The number of nitrogens with one attached hydrogen (secondary N) is 1. The van der Waals surface area contributed by atoms with Crippen LogP contribution in [0.5, 0.6) is 0 Å². The van der Waals surface area contributed by atoms with Gasteiger partial charge in [-0.05, 0) is 52.6 Å². The number of methoxy groups -OCH3 is 1. The maximum atomic E-state index is 5.36. The van der Waals surface area contributed by atoms with Gasteiger partial charge in [0.25, 0.3) is 0 Å². The molecule has 0 saturated heterocycles. The minimum absolute atomic E-state index is 0.332. The summed E-state index contributed by atoms with van der Waals surface area (Å²) in [6, 6.07) is 2.72. The highest BCUT2D eigenvalue weighted by Gasteiger charge is 2.14. The number of hydrogen-bond donors (Lipinski definition) is 1. The van der Waals surface area contributed by atoms with Crippen molar-refractivity contribution >= 4 is 0 Å². The molecule has 1 heterocycles. The zero-order chi connectivity index (χ0) is 15.0. The number of aryl methyl sites for hydroxylation is 2. The molecule has 0 fully saturated rings. The van der Waals surface area contributed by atoms with Crippen molar-refractivity contribution in [3.8, 4) is 0 Å². The Morgan fingerprint density at radius 2 is 2.10 bits per heavy atom. The average molecular weight is 281 g/mol. The molecule has 0 radical (unpaired) electrons. The van der Waals surface area contributed by atoms with Crippen LogP contribution in [0, 0.1) is 6.92 Å². The first kappa shape index (κ1) is 17.2. The van der Waals surface area contributed by atoms with Crippen molar-refractivity contribution < 1.29 is 4.74 Å². The van der Waals surface area contributed by atoms with E-state index in [4.69, 9.17) is 4.74 Å². The number of aromatic nitrogens is 2. The van der Waals surface area contributed by atoms with E-state index < -0.39 is 0 Å². The van der Waals surface area contributed by atoms with Crippen LogP contribution in [0.4, 0.5) is 0 Å². The van der Waals surface area contributed by atoms with Crippen LogP contribution in [0.3, 0.4) is 0 Å². The average Bonchev–Trinajstić information content (AvgIpc) is 2.81. The van der Waals surface area contributed by atoms with Gasteiger partial charge in [0.05, 0.1) is 11.8 Å². The number of hydrogen-bond acceptors (Lipinski definition) is 3. The van der Waals surface area contributed by atoms with E-state index in [9.17, 15) is 0 Å². The molecule has 0 aliphatic heterocycles. The summed E-state index contributed by atoms with van der Waals surface area (Å²) in [5.41, 5.74) is 2.45. The zero-order valence-electron chi connectivity index (χ0n) is 13.8. The van der Waals surface area contributed by atoms with Gasteiger partial charge in [-0.3, -0.25) is 4.68 Å². The van der Waals surface area contributed by atoms with Gasteiger partial charge in [0, 0.05) is 31.8 Å². The zero-order valence-corrected chi connectivity index (χ0v) is 13.8. The normalized spacial score (nSPS) is 14.4. The summed E-state index contributed by atoms with van der Waals surface area (Å²) >= 11 is 0. The molecular weight excluding hydrogens is 250 g/mol. The molecular formula is C16H31N3O. The van der Waals surface area contributed by atoms with Gasteiger partial charge < -0.3 is 10.1 Å². The standard InChI is InChI=1S/C16H31N3O/c1-6-10-17-15(9-8-14(4)20-5)12-16-11-13(3)18-19(16)7-2/h11,14-15,17H,6-10,12H2,1-5H3. The number of rotatable bonds is 10. The van der Waals surface area contributed by atoms with Crippen molar-refractivity contribution in [2.24, 2.45) is 0 Å². The molecule has 20 heavy (non-hydrogen) atoms. The van der Waals surface area contributed by atoms with Crippen LogP contribution in [0.15, 0.2) is 6.07 Å². The molecule has 0 aliphatic rings. The molecule has 1 aromatic rings. The summed E-state index contributed by atoms with van der Waals surface area (Å²) in [6.45, 7) is 10.6. The smallest absolute Gasteiger partial charge is 0.0596 e. The summed E-state index contributed by atoms with van der Waals surface area (Å²) in [5, 5.41) is 8.20. The molecule has 2 atom stereocenters. The Hall–Kier alpha value is -0.870. The maximum Gasteiger partial charge on any atom is 0.0596 e. The first-order valence-corrected chi connectivity index (χ1v) is 7.90. The van der Waals surface area contributed by atoms with Gasteiger partial charge in [0.15, 0.2) is 0 Å². The Kier molecular flexibility index (Phi) is 7.85. The summed E-state index contributed by atoms with van der Waals surface area (Å²) in [6.07, 6.45) is 4.78. The van der Waals surface area contributed by atoms with Gasteiger partial charge in [0.2, 0.25) is 0 Å². The fraction of sp³-hybridized carbons (Fsp3) is 0.812. The van der Waals surface area contributed by atoms with Crippen LogP contribution in [-0.2, 0) is 17.7 Å². The molecule has 116 valence electrons. The van der Waals surface area contributed by atoms with Crippen molar-refractivity contribution in [3.63, 3.8) is 0 Å². The molecule has 1 N–H and O–H groups in total. The van der Waals surface area contributed by atoms with Crippen LogP contribution in [0.2, 0.25) is 0 Å². The molecule has 4 nitrogen and oxygen atoms in total. The highest BCUT2D eigenvalue weighted by molar-refractivity contribution is 5.10. The van der Waals surface area contributed by atoms with Gasteiger partial charge in [-0.1, -0.05) is 6.92 Å². The maximum absolute atomic E-state index is 5.36. The fourth-order valence-corrected chi connectivity index (χ4v) is 2.47. The fourth-order valence-electron chi connectivity index (χ4n) is 2.47. The first-order valence-electron chi connectivity index (χ1n) is 7.90. The highest BCUT2D eigenvalue weighted by Crippen LogP contribution is 2.12. The molecule has 4 heteroatoms. The van der Waals surface area contributed by atoms with Crippen molar-refractivity contribution in [1.82, 2.24) is 15.1 Å². The van der Waals surface area contributed by atoms with E-state index in [1.54, 1.807) is 7.11 Å². The van der Waals surface area contributed by atoms with Crippen LogP contribution in [0.1, 0.15) is 51.4 Å². The lowest BCUT2D eigenvalue weighted by Crippen LogP contribution is -2.33. The summed E-state index contributed by atoms with van der Waals surface area (Å²) < 4.78 is 7.48. The van der Waals surface area contributed by atoms with Crippen molar-refractivity contribution in [3.05, 3.63) is 17.5 Å². The van der Waals surface area contributed by atoms with Gasteiger partial charge in [-0.2, -0.15) is 5.10 Å². The van der Waals surface area contributed by atoms with Crippen LogP contribution < -0.4 is 5.32 Å². The third kappa shape index (κ3) is 5.63. The Morgan fingerprint density at radius 1 is 1.35 bits per heavy atom. The van der Waals surface area contributed by atoms with E-state index in [-0.39, 0.29) is 0 Å².